The Morgan fingerprint density at radius 3 is 2.27 bits per heavy atom. The number of imide groups is 1. The Hall–Kier alpha value is -1.79. The Kier molecular flexibility index (Phi) is 5.88. The third-order valence-corrected chi connectivity index (χ3v) is 4.99. The summed E-state index contributed by atoms with van der Waals surface area (Å²) in [5.74, 6) is -0.808. The van der Waals surface area contributed by atoms with Crippen molar-refractivity contribution in [3.05, 3.63) is 33.8 Å². The van der Waals surface area contributed by atoms with Gasteiger partial charge in [-0.05, 0) is 46.8 Å². The smallest absolute Gasteiger partial charge is 0.325 e. The lowest BCUT2D eigenvalue weighted by Gasteiger charge is -2.32. The van der Waals surface area contributed by atoms with E-state index in [-0.39, 0.29) is 29.6 Å². The molecule has 0 bridgehead atoms. The fourth-order valence-electron chi connectivity index (χ4n) is 3.31. The molecule has 0 aromatic heterocycles. The van der Waals surface area contributed by atoms with Gasteiger partial charge in [0.25, 0.3) is 5.91 Å². The van der Waals surface area contributed by atoms with Crippen LogP contribution < -0.4 is 5.32 Å². The molecule has 1 aromatic carbocycles. The molecule has 0 radical (unpaired) electrons. The molecule has 1 aliphatic rings. The van der Waals surface area contributed by atoms with Gasteiger partial charge in [0.15, 0.2) is 0 Å². The van der Waals surface area contributed by atoms with E-state index < -0.39 is 17.5 Å². The van der Waals surface area contributed by atoms with Crippen molar-refractivity contribution in [2.75, 3.05) is 6.54 Å². The number of hydrogen-bond acceptors (Lipinski definition) is 3. The highest BCUT2D eigenvalue weighted by molar-refractivity contribution is 6.35. The molecule has 1 saturated heterocycles. The molecule has 6 nitrogen and oxygen atoms in total. The summed E-state index contributed by atoms with van der Waals surface area (Å²) >= 11 is 12.1. The second kappa shape index (κ2) is 7.45. The molecule has 0 aliphatic carbocycles. The third kappa shape index (κ3) is 3.67. The van der Waals surface area contributed by atoms with E-state index in [2.05, 4.69) is 5.32 Å². The van der Waals surface area contributed by atoms with Crippen LogP contribution in [0.4, 0.5) is 4.79 Å². The molecule has 142 valence electrons. The molecule has 2 rings (SSSR count). The highest BCUT2D eigenvalue weighted by Gasteiger charge is 2.50. The zero-order valence-electron chi connectivity index (χ0n) is 15.5. The first-order valence-electron chi connectivity index (χ1n) is 8.39. The van der Waals surface area contributed by atoms with E-state index >= 15 is 0 Å². The number of halogens is 2. The van der Waals surface area contributed by atoms with Crippen molar-refractivity contribution >= 4 is 41.0 Å². The number of carbonyl (C=O) groups excluding carboxylic acids is 3. The summed E-state index contributed by atoms with van der Waals surface area (Å²) in [5.41, 5.74) is -0.916. The summed E-state index contributed by atoms with van der Waals surface area (Å²) in [4.78, 5) is 40.6. The first-order valence-corrected chi connectivity index (χ1v) is 9.15. The molecule has 1 aromatic rings. The Bertz CT molecular complexity index is 743. The van der Waals surface area contributed by atoms with Crippen LogP contribution in [0.15, 0.2) is 18.2 Å². The fourth-order valence-corrected chi connectivity index (χ4v) is 3.90. The average molecular weight is 400 g/mol. The average Bonchev–Trinajstić information content (AvgIpc) is 2.70. The largest absolute Gasteiger partial charge is 0.336 e. The van der Waals surface area contributed by atoms with Gasteiger partial charge in [0.2, 0.25) is 5.91 Å². The van der Waals surface area contributed by atoms with Crippen molar-refractivity contribution < 1.29 is 14.4 Å². The summed E-state index contributed by atoms with van der Waals surface area (Å²) in [6.45, 7) is 8.81. The number of rotatable bonds is 5. The van der Waals surface area contributed by atoms with E-state index in [0.29, 0.717) is 10.6 Å². The molecule has 0 spiro atoms. The van der Waals surface area contributed by atoms with Crippen LogP contribution in [0, 0.1) is 0 Å². The molecule has 4 amide bonds. The highest BCUT2D eigenvalue weighted by atomic mass is 35.5. The predicted molar refractivity (Wildman–Crippen MR) is 101 cm³/mol. The van der Waals surface area contributed by atoms with Gasteiger partial charge < -0.3 is 10.2 Å². The molecule has 0 saturated carbocycles. The van der Waals surface area contributed by atoms with Crippen molar-refractivity contribution in [3.63, 3.8) is 0 Å². The van der Waals surface area contributed by atoms with E-state index in [0.717, 1.165) is 4.90 Å². The minimum atomic E-state index is -1.35. The lowest BCUT2D eigenvalue weighted by Crippen LogP contribution is -2.49. The molecule has 1 fully saturated rings. The quantitative estimate of drug-likeness (QED) is 0.771. The number of carbonyl (C=O) groups is 3. The second-order valence-electron chi connectivity index (χ2n) is 7.06. The summed E-state index contributed by atoms with van der Waals surface area (Å²) in [6, 6.07) is 4.00. The maximum absolute atomic E-state index is 13.0. The van der Waals surface area contributed by atoms with Gasteiger partial charge in [0, 0.05) is 27.7 Å². The van der Waals surface area contributed by atoms with Crippen molar-refractivity contribution in [1.29, 1.82) is 0 Å². The van der Waals surface area contributed by atoms with Crippen LogP contribution in [0.1, 0.15) is 40.2 Å². The monoisotopic (exact) mass is 399 g/mol. The van der Waals surface area contributed by atoms with E-state index in [1.54, 1.807) is 24.0 Å². The highest BCUT2D eigenvalue weighted by Crippen LogP contribution is 2.35. The normalized spacial score (nSPS) is 20.1. The molecule has 26 heavy (non-hydrogen) atoms. The number of amides is 4. The molecule has 1 aliphatic heterocycles. The van der Waals surface area contributed by atoms with Crippen molar-refractivity contribution in [1.82, 2.24) is 15.1 Å². The topological polar surface area (TPSA) is 69.7 Å². The van der Waals surface area contributed by atoms with Gasteiger partial charge in [-0.2, -0.15) is 0 Å². The molecule has 0 unspecified atom stereocenters. The zero-order chi connectivity index (χ0) is 19.8. The number of benzene rings is 1. The molecule has 1 heterocycles. The number of nitrogens with one attached hydrogen (secondary N) is 1. The van der Waals surface area contributed by atoms with Crippen LogP contribution in [0.25, 0.3) is 0 Å². The van der Waals surface area contributed by atoms with Gasteiger partial charge in [0.05, 0.1) is 0 Å². The van der Waals surface area contributed by atoms with Crippen molar-refractivity contribution in [2.45, 2.75) is 52.2 Å². The Morgan fingerprint density at radius 1 is 1.19 bits per heavy atom. The van der Waals surface area contributed by atoms with Crippen molar-refractivity contribution in [2.24, 2.45) is 0 Å². The zero-order valence-corrected chi connectivity index (χ0v) is 17.0. The first kappa shape index (κ1) is 20.5. The summed E-state index contributed by atoms with van der Waals surface area (Å²) in [7, 11) is 0. The molecular formula is C18H23Cl2N3O3. The van der Waals surface area contributed by atoms with Gasteiger partial charge in [-0.3, -0.25) is 14.5 Å². The van der Waals surface area contributed by atoms with Gasteiger partial charge in [-0.15, -0.1) is 0 Å². The predicted octanol–water partition coefficient (Wildman–Crippen LogP) is 3.41. The summed E-state index contributed by atoms with van der Waals surface area (Å²) in [5, 5.41) is 3.35. The molecule has 1 N–H and O–H groups in total. The van der Waals surface area contributed by atoms with Crippen LogP contribution in [0.3, 0.4) is 0 Å². The Balaban J connectivity index is 2.30. The number of urea groups is 1. The third-order valence-electron chi connectivity index (χ3n) is 4.44. The standard InChI is InChI=1S/C18H23Cl2N3O3/c1-10(2)23(11(3)4)15(24)9-22-16(25)18(5,21-17(22)26)13-7-6-12(19)8-14(13)20/h6-8,10-11H,9H2,1-5H3,(H,21,26)/t18-/m1/s1. The van der Waals surface area contributed by atoms with E-state index in [1.807, 2.05) is 27.7 Å². The maximum atomic E-state index is 13.0. The van der Waals surface area contributed by atoms with Gasteiger partial charge in [-0.1, -0.05) is 29.3 Å². The number of nitrogens with zero attached hydrogens (tertiary/aromatic N) is 2. The first-order chi connectivity index (χ1) is 12.0. The van der Waals surface area contributed by atoms with Crippen LogP contribution >= 0.6 is 23.2 Å². The molecule has 1 atom stereocenters. The van der Waals surface area contributed by atoms with Crippen molar-refractivity contribution in [3.8, 4) is 0 Å². The molecular weight excluding hydrogens is 377 g/mol. The Labute approximate surface area is 163 Å². The van der Waals surface area contributed by atoms with Crippen LogP contribution in [0.2, 0.25) is 10.0 Å². The molecule has 8 heteroatoms. The minimum absolute atomic E-state index is 0.0413. The van der Waals surface area contributed by atoms with Gasteiger partial charge in [0.1, 0.15) is 12.1 Å². The minimum Gasteiger partial charge on any atom is -0.336 e. The van der Waals surface area contributed by atoms with Gasteiger partial charge >= 0.3 is 6.03 Å². The summed E-state index contributed by atoms with van der Waals surface area (Å²) in [6.07, 6.45) is 0. The number of hydrogen-bond donors (Lipinski definition) is 1. The van der Waals surface area contributed by atoms with Crippen LogP contribution in [-0.4, -0.2) is 46.3 Å². The van der Waals surface area contributed by atoms with Crippen LogP contribution in [0.5, 0.6) is 0 Å². The van der Waals surface area contributed by atoms with E-state index in [1.165, 1.54) is 6.07 Å². The Morgan fingerprint density at radius 2 is 1.77 bits per heavy atom. The van der Waals surface area contributed by atoms with E-state index in [9.17, 15) is 14.4 Å². The second-order valence-corrected chi connectivity index (χ2v) is 7.90. The SMILES string of the molecule is CC(C)N(C(=O)CN1C(=O)N[C@](C)(c2ccc(Cl)cc2Cl)C1=O)C(C)C. The van der Waals surface area contributed by atoms with Gasteiger partial charge in [-0.25, -0.2) is 4.79 Å². The van der Waals surface area contributed by atoms with Crippen LogP contribution in [-0.2, 0) is 15.1 Å². The maximum Gasteiger partial charge on any atom is 0.325 e. The van der Waals surface area contributed by atoms with E-state index in [4.69, 9.17) is 23.2 Å². The lowest BCUT2D eigenvalue weighted by molar-refractivity contribution is -0.141. The summed E-state index contributed by atoms with van der Waals surface area (Å²) < 4.78 is 0. The fraction of sp³-hybridized carbons (Fsp3) is 0.500. The lowest BCUT2D eigenvalue weighted by atomic mass is 9.92.